The molecule has 0 radical (unpaired) electrons. The van der Waals surface area contributed by atoms with Crippen molar-refractivity contribution in [1.29, 1.82) is 0 Å². The molecule has 2 aromatic carbocycles. The number of hydrogen-bond donors (Lipinski definition) is 1. The first-order valence-corrected chi connectivity index (χ1v) is 9.26. The zero-order chi connectivity index (χ0) is 14.5. The smallest absolute Gasteiger partial charge is 0.0418 e. The van der Waals surface area contributed by atoms with Gasteiger partial charge in [0.2, 0.25) is 0 Å². The molecule has 0 amide bonds. The van der Waals surface area contributed by atoms with E-state index in [1.807, 2.05) is 0 Å². The van der Waals surface area contributed by atoms with Crippen molar-refractivity contribution in [3.05, 3.63) is 48.0 Å². The molecule has 1 aliphatic carbocycles. The SMILES string of the molecule is CCNC(CSC1CCCC1)c1cccc2ccccc12. The highest BCUT2D eigenvalue weighted by molar-refractivity contribution is 7.99. The van der Waals surface area contributed by atoms with Crippen LogP contribution in [0.4, 0.5) is 0 Å². The molecule has 112 valence electrons. The summed E-state index contributed by atoms with van der Waals surface area (Å²) in [5.41, 5.74) is 1.46. The first kappa shape index (κ1) is 14.9. The van der Waals surface area contributed by atoms with Gasteiger partial charge in [0.1, 0.15) is 0 Å². The van der Waals surface area contributed by atoms with Gasteiger partial charge >= 0.3 is 0 Å². The molecule has 1 nitrogen and oxygen atoms in total. The summed E-state index contributed by atoms with van der Waals surface area (Å²) in [6.07, 6.45) is 5.69. The summed E-state index contributed by atoms with van der Waals surface area (Å²) in [5, 5.41) is 7.34. The van der Waals surface area contributed by atoms with Gasteiger partial charge in [0.15, 0.2) is 0 Å². The zero-order valence-corrected chi connectivity index (χ0v) is 13.7. The summed E-state index contributed by atoms with van der Waals surface area (Å²) >= 11 is 2.17. The molecule has 1 N–H and O–H groups in total. The lowest BCUT2D eigenvalue weighted by Crippen LogP contribution is -2.24. The third-order valence-electron chi connectivity index (χ3n) is 4.45. The van der Waals surface area contributed by atoms with Gasteiger partial charge in [-0.05, 0) is 35.7 Å². The maximum atomic E-state index is 3.69. The monoisotopic (exact) mass is 299 g/mol. The highest BCUT2D eigenvalue weighted by Crippen LogP contribution is 2.33. The molecule has 1 saturated carbocycles. The van der Waals surface area contributed by atoms with Crippen molar-refractivity contribution < 1.29 is 0 Å². The van der Waals surface area contributed by atoms with Crippen LogP contribution in [0.25, 0.3) is 10.8 Å². The topological polar surface area (TPSA) is 12.0 Å². The van der Waals surface area contributed by atoms with Crippen molar-refractivity contribution in [2.45, 2.75) is 43.9 Å². The van der Waals surface area contributed by atoms with Crippen LogP contribution in [0.3, 0.4) is 0 Å². The van der Waals surface area contributed by atoms with Crippen LogP contribution in [0.1, 0.15) is 44.2 Å². The molecule has 0 aliphatic heterocycles. The molecule has 21 heavy (non-hydrogen) atoms. The number of nitrogens with one attached hydrogen (secondary N) is 1. The summed E-state index contributed by atoms with van der Waals surface area (Å²) in [4.78, 5) is 0. The molecule has 1 fully saturated rings. The van der Waals surface area contributed by atoms with Crippen LogP contribution >= 0.6 is 11.8 Å². The van der Waals surface area contributed by atoms with Gasteiger partial charge in [0.05, 0.1) is 0 Å². The summed E-state index contributed by atoms with van der Waals surface area (Å²) in [6, 6.07) is 15.9. The number of rotatable bonds is 6. The van der Waals surface area contributed by atoms with Crippen molar-refractivity contribution in [3.63, 3.8) is 0 Å². The highest BCUT2D eigenvalue weighted by atomic mass is 32.2. The van der Waals surface area contributed by atoms with Gasteiger partial charge in [-0.25, -0.2) is 0 Å². The zero-order valence-electron chi connectivity index (χ0n) is 12.8. The van der Waals surface area contributed by atoms with Crippen LogP contribution in [0.2, 0.25) is 0 Å². The van der Waals surface area contributed by atoms with Crippen LogP contribution in [0.5, 0.6) is 0 Å². The fourth-order valence-corrected chi connectivity index (χ4v) is 4.78. The molecule has 0 spiro atoms. The van der Waals surface area contributed by atoms with E-state index >= 15 is 0 Å². The lowest BCUT2D eigenvalue weighted by molar-refractivity contribution is 0.608. The van der Waals surface area contributed by atoms with E-state index in [1.54, 1.807) is 0 Å². The van der Waals surface area contributed by atoms with Crippen LogP contribution in [0.15, 0.2) is 42.5 Å². The minimum atomic E-state index is 0.465. The third kappa shape index (κ3) is 3.61. The predicted octanol–water partition coefficient (Wildman–Crippen LogP) is 5.17. The Morgan fingerprint density at radius 1 is 1.10 bits per heavy atom. The molecule has 1 unspecified atom stereocenters. The summed E-state index contributed by atoms with van der Waals surface area (Å²) in [7, 11) is 0. The van der Waals surface area contributed by atoms with Crippen LogP contribution < -0.4 is 5.32 Å². The Kier molecular flexibility index (Phi) is 5.21. The second kappa shape index (κ2) is 7.33. The van der Waals surface area contributed by atoms with E-state index in [0.29, 0.717) is 6.04 Å². The minimum absolute atomic E-state index is 0.465. The molecular formula is C19H25NS. The van der Waals surface area contributed by atoms with Gasteiger partial charge in [0, 0.05) is 17.0 Å². The van der Waals surface area contributed by atoms with Crippen molar-refractivity contribution in [1.82, 2.24) is 5.32 Å². The predicted molar refractivity (Wildman–Crippen MR) is 95.1 cm³/mol. The molecule has 2 heteroatoms. The van der Waals surface area contributed by atoms with Crippen molar-refractivity contribution >= 4 is 22.5 Å². The van der Waals surface area contributed by atoms with E-state index in [2.05, 4.69) is 66.5 Å². The number of hydrogen-bond acceptors (Lipinski definition) is 2. The molecule has 0 heterocycles. The van der Waals surface area contributed by atoms with Crippen LogP contribution in [-0.2, 0) is 0 Å². The first-order valence-electron chi connectivity index (χ1n) is 8.21. The Morgan fingerprint density at radius 2 is 1.86 bits per heavy atom. The largest absolute Gasteiger partial charge is 0.309 e. The Balaban J connectivity index is 1.80. The third-order valence-corrected chi connectivity index (χ3v) is 5.92. The lowest BCUT2D eigenvalue weighted by atomic mass is 9.99. The normalized spacial score (nSPS) is 17.4. The average Bonchev–Trinajstić information content (AvgIpc) is 3.04. The van der Waals surface area contributed by atoms with Gasteiger partial charge < -0.3 is 5.32 Å². The molecule has 1 aliphatic rings. The molecule has 1 atom stereocenters. The lowest BCUT2D eigenvalue weighted by Gasteiger charge is -2.21. The van der Waals surface area contributed by atoms with E-state index in [0.717, 1.165) is 11.8 Å². The van der Waals surface area contributed by atoms with E-state index in [4.69, 9.17) is 0 Å². The molecular weight excluding hydrogens is 274 g/mol. The van der Waals surface area contributed by atoms with Crippen LogP contribution in [0, 0.1) is 0 Å². The van der Waals surface area contributed by atoms with Crippen LogP contribution in [-0.4, -0.2) is 17.5 Å². The van der Waals surface area contributed by atoms with Gasteiger partial charge in [-0.2, -0.15) is 11.8 Å². The van der Waals surface area contributed by atoms with E-state index in [1.165, 1.54) is 47.8 Å². The Bertz CT molecular complexity index is 569. The Morgan fingerprint density at radius 3 is 2.67 bits per heavy atom. The Labute approximate surface area is 132 Å². The fourth-order valence-electron chi connectivity index (χ4n) is 3.35. The van der Waals surface area contributed by atoms with Crippen molar-refractivity contribution in [2.24, 2.45) is 0 Å². The van der Waals surface area contributed by atoms with Gasteiger partial charge in [0.25, 0.3) is 0 Å². The highest BCUT2D eigenvalue weighted by Gasteiger charge is 2.19. The average molecular weight is 299 g/mol. The first-order chi connectivity index (χ1) is 10.4. The molecule has 3 rings (SSSR count). The number of thioether (sulfide) groups is 1. The van der Waals surface area contributed by atoms with Gasteiger partial charge in [-0.15, -0.1) is 0 Å². The summed E-state index contributed by atoms with van der Waals surface area (Å²) in [6.45, 7) is 3.23. The van der Waals surface area contributed by atoms with Crippen molar-refractivity contribution in [3.8, 4) is 0 Å². The van der Waals surface area contributed by atoms with E-state index in [9.17, 15) is 0 Å². The maximum Gasteiger partial charge on any atom is 0.0418 e. The Hall–Kier alpha value is -0.990. The number of fused-ring (bicyclic) bond motifs is 1. The van der Waals surface area contributed by atoms with Gasteiger partial charge in [-0.3, -0.25) is 0 Å². The molecule has 0 bridgehead atoms. The minimum Gasteiger partial charge on any atom is -0.309 e. The van der Waals surface area contributed by atoms with Gasteiger partial charge in [-0.1, -0.05) is 62.2 Å². The number of benzene rings is 2. The standard InChI is InChI=1S/C19H25NS/c1-2-20-19(14-21-16-10-4-5-11-16)18-13-7-9-15-8-3-6-12-17(15)18/h3,6-9,12-13,16,19-20H,2,4-5,10-11,14H2,1H3. The second-order valence-electron chi connectivity index (χ2n) is 5.92. The second-order valence-corrected chi connectivity index (χ2v) is 7.25. The van der Waals surface area contributed by atoms with E-state index in [-0.39, 0.29) is 0 Å². The fraction of sp³-hybridized carbons (Fsp3) is 0.474. The summed E-state index contributed by atoms with van der Waals surface area (Å²) < 4.78 is 0. The quantitative estimate of drug-likeness (QED) is 0.790. The summed E-state index contributed by atoms with van der Waals surface area (Å²) in [5.74, 6) is 1.19. The molecule has 2 aromatic rings. The maximum absolute atomic E-state index is 3.69. The van der Waals surface area contributed by atoms with E-state index < -0.39 is 0 Å². The molecule has 0 saturated heterocycles. The van der Waals surface area contributed by atoms with Crippen molar-refractivity contribution in [2.75, 3.05) is 12.3 Å². The molecule has 0 aromatic heterocycles.